The van der Waals surface area contributed by atoms with Crippen LogP contribution in [-0.4, -0.2) is 51.2 Å². The van der Waals surface area contributed by atoms with Crippen molar-refractivity contribution in [2.24, 2.45) is 0 Å². The van der Waals surface area contributed by atoms with E-state index in [1.807, 2.05) is 23.1 Å². The monoisotopic (exact) mass is 359 g/mol. The highest BCUT2D eigenvalue weighted by atomic mass is 19.1. The quantitative estimate of drug-likeness (QED) is 0.877. The van der Waals surface area contributed by atoms with Crippen molar-refractivity contribution in [2.45, 2.75) is 6.54 Å². The zero-order chi connectivity index (χ0) is 18.5. The van der Waals surface area contributed by atoms with Gasteiger partial charge in [-0.2, -0.15) is 0 Å². The predicted molar refractivity (Wildman–Crippen MR) is 96.3 cm³/mol. The maximum atomic E-state index is 13.0. The predicted octanol–water partition coefficient (Wildman–Crippen LogP) is 1.38. The number of methoxy groups -OCH3 is 2. The van der Waals surface area contributed by atoms with Gasteiger partial charge in [-0.25, -0.2) is 4.39 Å². The number of hydrogen-bond donors (Lipinski definition) is 1. The van der Waals surface area contributed by atoms with E-state index in [2.05, 4.69) is 0 Å². The molecule has 2 aromatic rings. The number of piperazine rings is 1. The van der Waals surface area contributed by atoms with Gasteiger partial charge < -0.3 is 19.3 Å². The first-order valence-corrected chi connectivity index (χ1v) is 8.70. The van der Waals surface area contributed by atoms with Gasteiger partial charge in [0.25, 0.3) is 5.91 Å². The summed E-state index contributed by atoms with van der Waals surface area (Å²) in [4.78, 5) is 15.7. The Balaban J connectivity index is 1.61. The van der Waals surface area contributed by atoms with Crippen LogP contribution < -0.4 is 14.4 Å². The van der Waals surface area contributed by atoms with Gasteiger partial charge in [0.05, 0.1) is 46.0 Å². The van der Waals surface area contributed by atoms with E-state index in [1.54, 1.807) is 14.2 Å². The minimum atomic E-state index is -0.331. The van der Waals surface area contributed by atoms with E-state index in [0.717, 1.165) is 36.7 Å². The largest absolute Gasteiger partial charge is 0.493 e. The second-order valence-corrected chi connectivity index (χ2v) is 6.38. The molecule has 1 N–H and O–H groups in total. The summed E-state index contributed by atoms with van der Waals surface area (Å²) < 4.78 is 23.9. The molecule has 0 bridgehead atoms. The van der Waals surface area contributed by atoms with E-state index in [1.165, 1.54) is 29.2 Å². The van der Waals surface area contributed by atoms with Gasteiger partial charge >= 0.3 is 0 Å². The molecule has 0 atom stereocenters. The van der Waals surface area contributed by atoms with Gasteiger partial charge in [0, 0.05) is 5.56 Å². The molecule has 0 aromatic heterocycles. The number of nitrogens with one attached hydrogen (secondary N) is 1. The van der Waals surface area contributed by atoms with E-state index in [4.69, 9.17) is 9.47 Å². The summed E-state index contributed by atoms with van der Waals surface area (Å²) in [6.07, 6.45) is 0. The van der Waals surface area contributed by atoms with Crippen LogP contribution in [0.25, 0.3) is 0 Å². The van der Waals surface area contributed by atoms with Crippen molar-refractivity contribution in [3.05, 3.63) is 59.4 Å². The highest BCUT2D eigenvalue weighted by Crippen LogP contribution is 2.30. The number of rotatable bonds is 5. The van der Waals surface area contributed by atoms with Gasteiger partial charge in [-0.3, -0.25) is 4.79 Å². The van der Waals surface area contributed by atoms with E-state index >= 15 is 0 Å². The molecule has 0 spiro atoms. The van der Waals surface area contributed by atoms with Crippen molar-refractivity contribution >= 4 is 5.91 Å². The zero-order valence-electron chi connectivity index (χ0n) is 15.1. The zero-order valence-corrected chi connectivity index (χ0v) is 15.1. The summed E-state index contributed by atoms with van der Waals surface area (Å²) in [6, 6.07) is 11.6. The third-order valence-corrected chi connectivity index (χ3v) is 4.77. The Morgan fingerprint density at radius 1 is 1.08 bits per heavy atom. The van der Waals surface area contributed by atoms with Crippen molar-refractivity contribution in [3.63, 3.8) is 0 Å². The molecule has 1 aliphatic rings. The number of carbonyl (C=O) groups is 1. The molecule has 0 saturated carbocycles. The molecule has 1 fully saturated rings. The Kier molecular flexibility index (Phi) is 5.73. The first-order chi connectivity index (χ1) is 12.6. The molecule has 6 heteroatoms. The third-order valence-electron chi connectivity index (χ3n) is 4.77. The lowest BCUT2D eigenvalue weighted by molar-refractivity contribution is -0.917. The molecule has 1 aliphatic heterocycles. The number of nitrogens with zero attached hydrogens (tertiary/aromatic N) is 1. The molecular weight excluding hydrogens is 335 g/mol. The lowest BCUT2D eigenvalue weighted by atomic mass is 10.1. The molecule has 2 aromatic carbocycles. The average Bonchev–Trinajstić information content (AvgIpc) is 2.68. The minimum Gasteiger partial charge on any atom is -0.493 e. The number of quaternary nitrogens is 1. The van der Waals surface area contributed by atoms with Crippen LogP contribution in [0.3, 0.4) is 0 Å². The van der Waals surface area contributed by atoms with Gasteiger partial charge in [-0.1, -0.05) is 6.07 Å². The van der Waals surface area contributed by atoms with E-state index in [9.17, 15) is 9.18 Å². The molecule has 3 rings (SSSR count). The molecule has 138 valence electrons. The normalized spacial score (nSPS) is 15.0. The van der Waals surface area contributed by atoms with Crippen LogP contribution in [0.4, 0.5) is 4.39 Å². The third kappa shape index (κ3) is 3.96. The van der Waals surface area contributed by atoms with Crippen LogP contribution in [-0.2, 0) is 6.54 Å². The number of amides is 1. The standard InChI is InChI=1S/C20H23FN2O3/c1-25-18-5-3-4-16(19(18)26-2)14-22-10-12-23(13-11-22)20(24)15-6-8-17(21)9-7-15/h3-9H,10-14H2,1-2H3/p+1. The minimum absolute atomic E-state index is 0.0389. The Hall–Kier alpha value is -2.60. The highest BCUT2D eigenvalue weighted by Gasteiger charge is 2.25. The van der Waals surface area contributed by atoms with Gasteiger partial charge in [-0.05, 0) is 36.4 Å². The molecule has 1 saturated heterocycles. The highest BCUT2D eigenvalue weighted by molar-refractivity contribution is 5.94. The second kappa shape index (κ2) is 8.19. The topological polar surface area (TPSA) is 43.2 Å². The van der Waals surface area contributed by atoms with Crippen molar-refractivity contribution in [1.82, 2.24) is 4.90 Å². The maximum Gasteiger partial charge on any atom is 0.254 e. The van der Waals surface area contributed by atoms with Crippen molar-refractivity contribution < 1.29 is 23.6 Å². The molecule has 1 heterocycles. The summed E-state index contributed by atoms with van der Waals surface area (Å²) in [5.41, 5.74) is 1.63. The van der Waals surface area contributed by atoms with Crippen molar-refractivity contribution in [1.29, 1.82) is 0 Å². The molecule has 26 heavy (non-hydrogen) atoms. The lowest BCUT2D eigenvalue weighted by Crippen LogP contribution is -3.13. The fraction of sp³-hybridized carbons (Fsp3) is 0.350. The first-order valence-electron chi connectivity index (χ1n) is 8.70. The van der Waals surface area contributed by atoms with Crippen LogP contribution in [0.1, 0.15) is 15.9 Å². The Morgan fingerprint density at radius 3 is 2.38 bits per heavy atom. The molecule has 5 nitrogen and oxygen atoms in total. The number of hydrogen-bond acceptors (Lipinski definition) is 3. The van der Waals surface area contributed by atoms with E-state index < -0.39 is 0 Å². The number of halogens is 1. The van der Waals surface area contributed by atoms with E-state index in [-0.39, 0.29) is 11.7 Å². The van der Waals surface area contributed by atoms with Crippen LogP contribution >= 0.6 is 0 Å². The number of benzene rings is 2. The summed E-state index contributed by atoms with van der Waals surface area (Å²) in [5, 5.41) is 0. The van der Waals surface area contributed by atoms with Gasteiger partial charge in [0.15, 0.2) is 11.5 Å². The molecule has 0 unspecified atom stereocenters. The first kappa shape index (κ1) is 18.2. The summed E-state index contributed by atoms with van der Waals surface area (Å²) in [5.74, 6) is 1.13. The summed E-state index contributed by atoms with van der Waals surface area (Å²) in [7, 11) is 3.28. The smallest absolute Gasteiger partial charge is 0.254 e. The van der Waals surface area contributed by atoms with Crippen molar-refractivity contribution in [2.75, 3.05) is 40.4 Å². The molecule has 0 aliphatic carbocycles. The lowest BCUT2D eigenvalue weighted by Gasteiger charge is -2.32. The number of ether oxygens (including phenoxy) is 2. The second-order valence-electron chi connectivity index (χ2n) is 6.38. The van der Waals surface area contributed by atoms with E-state index in [0.29, 0.717) is 18.7 Å². The van der Waals surface area contributed by atoms with Crippen LogP contribution in [0, 0.1) is 5.82 Å². The number of para-hydroxylation sites is 1. The van der Waals surface area contributed by atoms with Crippen molar-refractivity contribution in [3.8, 4) is 11.5 Å². The van der Waals surface area contributed by atoms with Crippen LogP contribution in [0.2, 0.25) is 0 Å². The fourth-order valence-electron chi connectivity index (χ4n) is 3.34. The Labute approximate surface area is 152 Å². The fourth-order valence-corrected chi connectivity index (χ4v) is 3.34. The SMILES string of the molecule is COc1cccc(C[NH+]2CCN(C(=O)c3ccc(F)cc3)CC2)c1OC. The van der Waals surface area contributed by atoms with Gasteiger partial charge in [0.2, 0.25) is 0 Å². The molecule has 1 amide bonds. The Morgan fingerprint density at radius 2 is 1.77 bits per heavy atom. The molecular formula is C20H24FN2O3+. The maximum absolute atomic E-state index is 13.0. The number of carbonyl (C=O) groups excluding carboxylic acids is 1. The van der Waals surface area contributed by atoms with Crippen LogP contribution in [0.5, 0.6) is 11.5 Å². The summed E-state index contributed by atoms with van der Waals surface area (Å²) in [6.45, 7) is 3.88. The Bertz CT molecular complexity index is 756. The molecule has 0 radical (unpaired) electrons. The van der Waals surface area contributed by atoms with Gasteiger partial charge in [-0.15, -0.1) is 0 Å². The van der Waals surface area contributed by atoms with Gasteiger partial charge in [0.1, 0.15) is 12.4 Å². The average molecular weight is 359 g/mol. The summed E-state index contributed by atoms with van der Waals surface area (Å²) >= 11 is 0. The van der Waals surface area contributed by atoms with Crippen LogP contribution in [0.15, 0.2) is 42.5 Å².